The molecule has 4 aromatic heterocycles. The lowest BCUT2D eigenvalue weighted by molar-refractivity contribution is 1.01. The van der Waals surface area contributed by atoms with Crippen LogP contribution in [0.1, 0.15) is 0 Å². The van der Waals surface area contributed by atoms with Gasteiger partial charge in [0.15, 0.2) is 0 Å². The van der Waals surface area contributed by atoms with Gasteiger partial charge >= 0.3 is 0 Å². The number of hydrogen-bond donors (Lipinski definition) is 0. The van der Waals surface area contributed by atoms with Crippen LogP contribution in [0.2, 0.25) is 0 Å². The third-order valence-electron chi connectivity index (χ3n) is 10.8. The van der Waals surface area contributed by atoms with Gasteiger partial charge in [-0.05, 0) is 52.6 Å². The zero-order chi connectivity index (χ0) is 33.2. The van der Waals surface area contributed by atoms with Crippen LogP contribution >= 0.6 is 11.3 Å². The molecule has 0 aliphatic heterocycles. The molecule has 0 fully saturated rings. The Morgan fingerprint density at radius 2 is 0.922 bits per heavy atom. The second-order valence-electron chi connectivity index (χ2n) is 13.3. The molecule has 12 aromatic rings. The highest BCUT2D eigenvalue weighted by molar-refractivity contribution is 7.26. The first kappa shape index (κ1) is 27.3. The van der Waals surface area contributed by atoms with Crippen molar-refractivity contribution < 1.29 is 0 Å². The average molecular weight is 667 g/mol. The molecule has 0 aliphatic carbocycles. The van der Waals surface area contributed by atoms with E-state index in [1.165, 1.54) is 74.6 Å². The van der Waals surface area contributed by atoms with Crippen molar-refractivity contribution >= 4 is 108 Å². The quantitative estimate of drug-likeness (QED) is 0.172. The molecule has 0 spiro atoms. The Balaban J connectivity index is 1.20. The molecule has 51 heavy (non-hydrogen) atoms. The number of rotatable bonds is 2. The number of nitrogens with zero attached hydrogens (tertiary/aromatic N) is 4. The summed E-state index contributed by atoms with van der Waals surface area (Å²) in [5.41, 5.74) is 6.74. The van der Waals surface area contributed by atoms with Crippen molar-refractivity contribution in [1.29, 1.82) is 0 Å². The van der Waals surface area contributed by atoms with Crippen LogP contribution < -0.4 is 0 Å². The van der Waals surface area contributed by atoms with Crippen LogP contribution in [-0.2, 0) is 0 Å². The SMILES string of the molecule is c1ccc2c(c1)sc1c(-n3c4ccccc4c4c5c6ccccc6n(-c6ncc7c8ccccc8c8ccccc8c7n6)c5ccc43)cccc12. The number of para-hydroxylation sites is 2. The first-order chi connectivity index (χ1) is 25.3. The van der Waals surface area contributed by atoms with E-state index in [0.717, 1.165) is 27.3 Å². The maximum Gasteiger partial charge on any atom is 0.235 e. The van der Waals surface area contributed by atoms with E-state index in [0.29, 0.717) is 5.95 Å². The Morgan fingerprint density at radius 3 is 1.65 bits per heavy atom. The van der Waals surface area contributed by atoms with Crippen molar-refractivity contribution in [1.82, 2.24) is 19.1 Å². The summed E-state index contributed by atoms with van der Waals surface area (Å²) in [5.74, 6) is 0.673. The van der Waals surface area contributed by atoms with E-state index in [2.05, 4.69) is 161 Å². The molecule has 5 heteroatoms. The molecule has 4 nitrogen and oxygen atoms in total. The topological polar surface area (TPSA) is 35.6 Å². The van der Waals surface area contributed by atoms with Crippen molar-refractivity contribution in [2.24, 2.45) is 0 Å². The molecule has 12 rings (SSSR count). The number of aromatic nitrogens is 4. The van der Waals surface area contributed by atoms with Gasteiger partial charge in [0.2, 0.25) is 5.95 Å². The van der Waals surface area contributed by atoms with Gasteiger partial charge in [-0.2, -0.15) is 0 Å². The molecule has 4 heterocycles. The molecule has 0 bridgehead atoms. The molecule has 0 saturated heterocycles. The van der Waals surface area contributed by atoms with E-state index in [1.54, 1.807) is 0 Å². The predicted molar refractivity (Wildman–Crippen MR) is 216 cm³/mol. The summed E-state index contributed by atoms with van der Waals surface area (Å²) in [4.78, 5) is 10.5. The van der Waals surface area contributed by atoms with Gasteiger partial charge in [0.25, 0.3) is 0 Å². The van der Waals surface area contributed by atoms with Crippen LogP contribution in [0.15, 0.2) is 158 Å². The van der Waals surface area contributed by atoms with E-state index >= 15 is 0 Å². The highest BCUT2D eigenvalue weighted by atomic mass is 32.1. The zero-order valence-corrected chi connectivity index (χ0v) is 28.0. The molecule has 0 unspecified atom stereocenters. The van der Waals surface area contributed by atoms with E-state index in [-0.39, 0.29) is 0 Å². The van der Waals surface area contributed by atoms with Gasteiger partial charge in [-0.25, -0.2) is 9.97 Å². The Kier molecular flexibility index (Phi) is 5.35. The van der Waals surface area contributed by atoms with Crippen LogP contribution in [-0.4, -0.2) is 19.1 Å². The molecule has 0 saturated carbocycles. The third kappa shape index (κ3) is 3.58. The van der Waals surface area contributed by atoms with Crippen molar-refractivity contribution in [2.75, 3.05) is 0 Å². The summed E-state index contributed by atoms with van der Waals surface area (Å²) < 4.78 is 7.33. The summed E-state index contributed by atoms with van der Waals surface area (Å²) in [5, 5.41) is 13.3. The van der Waals surface area contributed by atoms with Gasteiger partial charge in [0.1, 0.15) is 0 Å². The van der Waals surface area contributed by atoms with Gasteiger partial charge in [0.05, 0.1) is 38.0 Å². The maximum absolute atomic E-state index is 5.39. The molecule has 0 amide bonds. The first-order valence-corrected chi connectivity index (χ1v) is 18.1. The van der Waals surface area contributed by atoms with Crippen molar-refractivity contribution in [3.8, 4) is 11.6 Å². The first-order valence-electron chi connectivity index (χ1n) is 17.3. The fourth-order valence-electron chi connectivity index (χ4n) is 8.66. The molecule has 0 aliphatic rings. The van der Waals surface area contributed by atoms with Gasteiger partial charge in [-0.3, -0.25) is 4.57 Å². The Hall–Kier alpha value is -6.56. The minimum atomic E-state index is 0.673. The molecular formula is C46H26N4S. The van der Waals surface area contributed by atoms with Gasteiger partial charge in [-0.15, -0.1) is 11.3 Å². The van der Waals surface area contributed by atoms with E-state index in [9.17, 15) is 0 Å². The normalized spacial score (nSPS) is 12.3. The summed E-state index contributed by atoms with van der Waals surface area (Å²) >= 11 is 1.87. The highest BCUT2D eigenvalue weighted by Gasteiger charge is 2.23. The smallest absolute Gasteiger partial charge is 0.235 e. The van der Waals surface area contributed by atoms with Gasteiger partial charge in [-0.1, -0.05) is 115 Å². The maximum atomic E-state index is 5.39. The Bertz CT molecular complexity index is 3400. The van der Waals surface area contributed by atoms with E-state index in [4.69, 9.17) is 9.97 Å². The standard InChI is InChI=1S/C46H26N4S/c1-2-14-29-27(12-1)28-13-3-4-16-31(28)44-35(29)26-47-46(48-44)50-37-21-9-6-18-34(37)43-39(50)25-24-38-42(43)33-17-5-8-20-36(33)49(38)40-22-11-19-32-30-15-7-10-23-41(30)51-45(32)40/h1-26H. The second-order valence-corrected chi connectivity index (χ2v) is 14.4. The molecular weight excluding hydrogens is 641 g/mol. The lowest BCUT2D eigenvalue weighted by Crippen LogP contribution is -2.01. The molecule has 0 N–H and O–H groups in total. The van der Waals surface area contributed by atoms with Gasteiger partial charge < -0.3 is 4.57 Å². The highest BCUT2D eigenvalue weighted by Crippen LogP contribution is 2.45. The largest absolute Gasteiger partial charge is 0.308 e. The molecule has 0 radical (unpaired) electrons. The summed E-state index contributed by atoms with van der Waals surface area (Å²) in [6.07, 6.45) is 2.02. The Morgan fingerprint density at radius 1 is 0.392 bits per heavy atom. The molecule has 236 valence electrons. The van der Waals surface area contributed by atoms with E-state index < -0.39 is 0 Å². The van der Waals surface area contributed by atoms with E-state index in [1.807, 2.05) is 17.5 Å². The summed E-state index contributed by atoms with van der Waals surface area (Å²) in [6, 6.07) is 54.7. The molecule has 0 atom stereocenters. The predicted octanol–water partition coefficient (Wildman–Crippen LogP) is 12.5. The number of hydrogen-bond acceptors (Lipinski definition) is 3. The second kappa shape index (κ2) is 10.0. The van der Waals surface area contributed by atoms with Crippen LogP contribution in [0.25, 0.3) is 108 Å². The van der Waals surface area contributed by atoms with Crippen molar-refractivity contribution in [3.63, 3.8) is 0 Å². The van der Waals surface area contributed by atoms with Crippen LogP contribution in [0.3, 0.4) is 0 Å². The minimum absolute atomic E-state index is 0.673. The zero-order valence-electron chi connectivity index (χ0n) is 27.2. The third-order valence-corrected chi connectivity index (χ3v) is 12.0. The fraction of sp³-hybridized carbons (Fsp3) is 0. The molecule has 8 aromatic carbocycles. The van der Waals surface area contributed by atoms with Crippen LogP contribution in [0.5, 0.6) is 0 Å². The lowest BCUT2D eigenvalue weighted by Gasteiger charge is -2.12. The lowest BCUT2D eigenvalue weighted by atomic mass is 9.98. The van der Waals surface area contributed by atoms with Gasteiger partial charge in [0, 0.05) is 54.0 Å². The van der Waals surface area contributed by atoms with Crippen molar-refractivity contribution in [3.05, 3.63) is 158 Å². The van der Waals surface area contributed by atoms with Crippen molar-refractivity contribution in [2.45, 2.75) is 0 Å². The summed E-state index contributed by atoms with van der Waals surface area (Å²) in [6.45, 7) is 0. The fourth-order valence-corrected chi connectivity index (χ4v) is 9.87. The summed E-state index contributed by atoms with van der Waals surface area (Å²) in [7, 11) is 0. The van der Waals surface area contributed by atoms with Crippen LogP contribution in [0.4, 0.5) is 0 Å². The number of fused-ring (bicyclic) bond motifs is 16. The average Bonchev–Trinajstić information content (AvgIpc) is 3.85. The number of thiophene rings is 1. The minimum Gasteiger partial charge on any atom is -0.308 e. The Labute approximate surface area is 295 Å². The number of benzene rings is 8. The van der Waals surface area contributed by atoms with Crippen LogP contribution in [0, 0.1) is 0 Å². The monoisotopic (exact) mass is 666 g/mol.